The van der Waals surface area contributed by atoms with E-state index in [1.54, 1.807) is 0 Å². The average Bonchev–Trinajstić information content (AvgIpc) is 2.34. The Labute approximate surface area is 109 Å². The van der Waals surface area contributed by atoms with Crippen LogP contribution in [-0.4, -0.2) is 36.1 Å². The first-order valence-corrected chi connectivity index (χ1v) is 7.65. The number of nitrogens with one attached hydrogen (secondary N) is 1. The van der Waals surface area contributed by atoms with E-state index in [0.29, 0.717) is 18.1 Å². The van der Waals surface area contributed by atoms with Crippen LogP contribution in [0, 0.1) is 0 Å². The second kappa shape index (κ2) is 9.90. The van der Waals surface area contributed by atoms with E-state index in [1.165, 1.54) is 32.2 Å². The molecule has 17 heavy (non-hydrogen) atoms. The van der Waals surface area contributed by atoms with Gasteiger partial charge in [-0.15, -0.1) is 0 Å². The van der Waals surface area contributed by atoms with Crippen molar-refractivity contribution in [2.24, 2.45) is 0 Å². The normalized spacial score (nSPS) is 17.1. The van der Waals surface area contributed by atoms with Crippen molar-refractivity contribution in [1.82, 2.24) is 10.2 Å². The third-order valence-corrected chi connectivity index (χ3v) is 3.90. The van der Waals surface area contributed by atoms with Gasteiger partial charge in [0.25, 0.3) is 0 Å². The molecule has 104 valence electrons. The molecule has 0 aromatic rings. The molecule has 0 aromatic heterocycles. The lowest BCUT2D eigenvalue weighted by Gasteiger charge is -2.40. The Hall–Kier alpha value is -0.0800. The Bertz CT molecular complexity index is 164. The monoisotopic (exact) mass is 242 g/mol. The molecule has 0 aromatic carbocycles. The number of hydrogen-bond donors (Lipinski definition) is 1. The molecule has 0 saturated heterocycles. The highest BCUT2D eigenvalue weighted by atomic mass is 15.2. The fourth-order valence-corrected chi connectivity index (χ4v) is 2.86. The number of likely N-dealkylation sites (N-methyl/N-ethyl adjacent to an activating group) is 2. The molecular formula is C15H34N2. The highest BCUT2D eigenvalue weighted by molar-refractivity contribution is 4.85. The van der Waals surface area contributed by atoms with Crippen LogP contribution in [0.2, 0.25) is 0 Å². The smallest absolute Gasteiger partial charge is 0.0249 e. The minimum absolute atomic E-state index is 0.656. The van der Waals surface area contributed by atoms with Crippen molar-refractivity contribution in [2.75, 3.05) is 13.1 Å². The molecule has 2 nitrogen and oxygen atoms in total. The molecule has 3 unspecified atom stereocenters. The van der Waals surface area contributed by atoms with Crippen LogP contribution in [0.1, 0.15) is 67.2 Å². The highest BCUT2D eigenvalue weighted by Gasteiger charge is 2.26. The molecule has 2 heteroatoms. The molecule has 0 aliphatic heterocycles. The van der Waals surface area contributed by atoms with Gasteiger partial charge < -0.3 is 5.32 Å². The average molecular weight is 242 g/mol. The summed E-state index contributed by atoms with van der Waals surface area (Å²) in [5, 5.41) is 3.69. The van der Waals surface area contributed by atoms with Gasteiger partial charge in [-0.1, -0.05) is 41.0 Å². The van der Waals surface area contributed by atoms with Gasteiger partial charge in [-0.3, -0.25) is 4.90 Å². The van der Waals surface area contributed by atoms with Crippen molar-refractivity contribution in [3.8, 4) is 0 Å². The lowest BCUT2D eigenvalue weighted by Crippen LogP contribution is -2.52. The fourth-order valence-electron chi connectivity index (χ4n) is 2.86. The summed E-state index contributed by atoms with van der Waals surface area (Å²) in [5.41, 5.74) is 0. The van der Waals surface area contributed by atoms with Crippen molar-refractivity contribution in [3.05, 3.63) is 0 Å². The number of nitrogens with zero attached hydrogens (tertiary/aromatic N) is 1. The van der Waals surface area contributed by atoms with Crippen LogP contribution in [-0.2, 0) is 0 Å². The molecule has 0 rings (SSSR count). The van der Waals surface area contributed by atoms with E-state index in [2.05, 4.69) is 51.8 Å². The van der Waals surface area contributed by atoms with Gasteiger partial charge in [0.15, 0.2) is 0 Å². The zero-order valence-corrected chi connectivity index (χ0v) is 12.9. The zero-order valence-electron chi connectivity index (χ0n) is 12.9. The summed E-state index contributed by atoms with van der Waals surface area (Å²) < 4.78 is 0. The summed E-state index contributed by atoms with van der Waals surface area (Å²) >= 11 is 0. The van der Waals surface area contributed by atoms with E-state index in [-0.39, 0.29) is 0 Å². The molecule has 0 fully saturated rings. The predicted octanol–water partition coefficient (Wildman–Crippen LogP) is 3.66. The summed E-state index contributed by atoms with van der Waals surface area (Å²) in [6, 6.07) is 2.04. The van der Waals surface area contributed by atoms with Gasteiger partial charge in [-0.25, -0.2) is 0 Å². The fraction of sp³-hybridized carbons (Fsp3) is 1.00. The Kier molecular flexibility index (Phi) is 9.85. The first-order valence-electron chi connectivity index (χ1n) is 7.65. The Morgan fingerprint density at radius 1 is 1.00 bits per heavy atom. The van der Waals surface area contributed by atoms with Gasteiger partial charge in [0.2, 0.25) is 0 Å². The van der Waals surface area contributed by atoms with Crippen molar-refractivity contribution >= 4 is 0 Å². The zero-order chi connectivity index (χ0) is 13.3. The third-order valence-electron chi connectivity index (χ3n) is 3.90. The van der Waals surface area contributed by atoms with Gasteiger partial charge in [0.1, 0.15) is 0 Å². The minimum atomic E-state index is 0.656. The van der Waals surface area contributed by atoms with E-state index in [1.807, 2.05) is 0 Å². The van der Waals surface area contributed by atoms with Gasteiger partial charge in [0, 0.05) is 18.1 Å². The van der Waals surface area contributed by atoms with Crippen molar-refractivity contribution in [3.63, 3.8) is 0 Å². The van der Waals surface area contributed by atoms with Gasteiger partial charge in [-0.2, -0.15) is 0 Å². The van der Waals surface area contributed by atoms with Gasteiger partial charge >= 0.3 is 0 Å². The summed E-state index contributed by atoms with van der Waals surface area (Å²) in [4.78, 5) is 2.68. The van der Waals surface area contributed by atoms with Crippen LogP contribution in [0.5, 0.6) is 0 Å². The molecule has 0 aliphatic carbocycles. The number of hydrogen-bond acceptors (Lipinski definition) is 2. The Morgan fingerprint density at radius 2 is 1.65 bits per heavy atom. The van der Waals surface area contributed by atoms with Crippen molar-refractivity contribution in [2.45, 2.75) is 85.4 Å². The largest absolute Gasteiger partial charge is 0.313 e. The summed E-state index contributed by atoms with van der Waals surface area (Å²) in [5.74, 6) is 0. The van der Waals surface area contributed by atoms with Crippen molar-refractivity contribution in [1.29, 1.82) is 0 Å². The Morgan fingerprint density at radius 3 is 2.00 bits per heavy atom. The second-order valence-corrected chi connectivity index (χ2v) is 5.02. The van der Waals surface area contributed by atoms with Crippen LogP contribution < -0.4 is 5.32 Å². The molecule has 1 N–H and O–H groups in total. The van der Waals surface area contributed by atoms with Crippen LogP contribution in [0.25, 0.3) is 0 Å². The van der Waals surface area contributed by atoms with Crippen LogP contribution in [0.4, 0.5) is 0 Å². The first kappa shape index (κ1) is 16.9. The topological polar surface area (TPSA) is 15.3 Å². The quantitative estimate of drug-likeness (QED) is 0.629. The predicted molar refractivity (Wildman–Crippen MR) is 78.6 cm³/mol. The maximum Gasteiger partial charge on any atom is 0.0249 e. The Balaban J connectivity index is 4.70. The van der Waals surface area contributed by atoms with Gasteiger partial charge in [0.05, 0.1) is 0 Å². The summed E-state index contributed by atoms with van der Waals surface area (Å²) in [7, 11) is 0. The van der Waals surface area contributed by atoms with E-state index in [0.717, 1.165) is 6.54 Å². The highest BCUT2D eigenvalue weighted by Crippen LogP contribution is 2.17. The lowest BCUT2D eigenvalue weighted by atomic mass is 9.97. The van der Waals surface area contributed by atoms with E-state index < -0.39 is 0 Å². The SMILES string of the molecule is CCCC(NCC)C(CC)N(CC)C(C)CC. The molecule has 0 spiro atoms. The van der Waals surface area contributed by atoms with Crippen molar-refractivity contribution < 1.29 is 0 Å². The van der Waals surface area contributed by atoms with Crippen LogP contribution >= 0.6 is 0 Å². The third kappa shape index (κ3) is 5.39. The lowest BCUT2D eigenvalue weighted by molar-refractivity contribution is 0.109. The van der Waals surface area contributed by atoms with E-state index >= 15 is 0 Å². The first-order chi connectivity index (χ1) is 8.15. The molecule has 0 bridgehead atoms. The van der Waals surface area contributed by atoms with Crippen LogP contribution in [0.15, 0.2) is 0 Å². The molecule has 3 atom stereocenters. The maximum atomic E-state index is 3.69. The van der Waals surface area contributed by atoms with E-state index in [9.17, 15) is 0 Å². The molecule has 0 radical (unpaired) electrons. The molecule has 0 saturated carbocycles. The molecular weight excluding hydrogens is 208 g/mol. The van der Waals surface area contributed by atoms with E-state index in [4.69, 9.17) is 0 Å². The standard InChI is InChI=1S/C15H34N2/c1-7-12-14(16-10-4)15(9-3)17(11-5)13(6)8-2/h13-16H,7-12H2,1-6H3. The molecule has 0 aliphatic rings. The number of rotatable bonds is 10. The second-order valence-electron chi connectivity index (χ2n) is 5.02. The molecule has 0 amide bonds. The summed E-state index contributed by atoms with van der Waals surface area (Å²) in [6.07, 6.45) is 5.05. The van der Waals surface area contributed by atoms with Gasteiger partial charge in [-0.05, 0) is 39.3 Å². The minimum Gasteiger partial charge on any atom is -0.313 e. The summed E-state index contributed by atoms with van der Waals surface area (Å²) in [6.45, 7) is 16.0. The van der Waals surface area contributed by atoms with Crippen LogP contribution in [0.3, 0.4) is 0 Å². The molecule has 0 heterocycles. The maximum absolute atomic E-state index is 3.69.